The van der Waals surface area contributed by atoms with E-state index in [1.165, 1.54) is 46.5 Å². The zero-order chi connectivity index (χ0) is 34.0. The lowest BCUT2D eigenvalue weighted by Crippen LogP contribution is -2.33. The molecule has 11 nitrogen and oxygen atoms in total. The summed E-state index contributed by atoms with van der Waals surface area (Å²) in [7, 11) is 4.52. The second-order valence-corrected chi connectivity index (χ2v) is 11.7. The maximum absolute atomic E-state index is 13.6. The van der Waals surface area contributed by atoms with Gasteiger partial charge in [0.2, 0.25) is 23.0 Å². The number of halogens is 3. The molecule has 2 unspecified atom stereocenters. The highest BCUT2D eigenvalue weighted by atomic mass is 32.1. The smallest absolute Gasteiger partial charge is 0.493 e. The molecule has 2 amide bonds. The molecule has 3 aromatic carbocycles. The first-order chi connectivity index (χ1) is 22.3. The van der Waals surface area contributed by atoms with E-state index in [9.17, 15) is 27.6 Å². The lowest BCUT2D eigenvalue weighted by Gasteiger charge is -2.19. The minimum atomic E-state index is -4.84. The van der Waals surface area contributed by atoms with Crippen LogP contribution in [-0.2, 0) is 16.0 Å². The number of anilines is 2. The number of rotatable bonds is 9. The van der Waals surface area contributed by atoms with Crippen LogP contribution in [0.5, 0.6) is 23.0 Å². The van der Waals surface area contributed by atoms with Crippen molar-refractivity contribution in [1.29, 1.82) is 0 Å². The van der Waals surface area contributed by atoms with Crippen molar-refractivity contribution in [3.63, 3.8) is 0 Å². The molecule has 0 saturated heterocycles. The topological polar surface area (TPSA) is 137 Å². The van der Waals surface area contributed by atoms with Gasteiger partial charge in [0.05, 0.1) is 43.3 Å². The summed E-state index contributed by atoms with van der Waals surface area (Å²) in [4.78, 5) is 43.2. The Balaban J connectivity index is 1.47. The average Bonchev–Trinajstić information content (AvgIpc) is 3.26. The Morgan fingerprint density at radius 2 is 1.77 bits per heavy atom. The molecule has 0 radical (unpaired) electrons. The number of fused-ring (bicyclic) bond motifs is 4. The van der Waals surface area contributed by atoms with Crippen molar-refractivity contribution in [1.82, 2.24) is 10.3 Å². The molecular formula is C32H31F3N4O7S. The van der Waals surface area contributed by atoms with E-state index in [2.05, 4.69) is 25.7 Å². The standard InChI is InChI=1S/C32H31F3N4O7S/c1-15(30(42)39-31-38-23-10-7-18(13-26(23)47-31)46-32(33,34)35)36-22-11-8-19-20(14-24(22)41)21(37-16(2)40)9-6-17-12-25(43-3)28(44-4)29(45-5)27(17)19/h7-8,10-15,21H,6,9H2,1-5H3,(H,36,41)(H,37,40)(H,38,39,42). The van der Waals surface area contributed by atoms with Gasteiger partial charge in [-0.15, -0.1) is 13.2 Å². The number of nitrogens with zero attached hydrogens (tertiary/aromatic N) is 1. The maximum Gasteiger partial charge on any atom is 0.573 e. The number of benzene rings is 2. The van der Waals surface area contributed by atoms with E-state index in [1.807, 2.05) is 6.07 Å². The normalized spacial score (nSPS) is 14.6. The number of alkyl halides is 3. The third-order valence-electron chi connectivity index (χ3n) is 7.50. The van der Waals surface area contributed by atoms with Crippen LogP contribution in [0.25, 0.3) is 21.3 Å². The Labute approximate surface area is 271 Å². The van der Waals surface area contributed by atoms with Crippen LogP contribution in [-0.4, -0.2) is 50.5 Å². The molecule has 0 bridgehead atoms. The van der Waals surface area contributed by atoms with Crippen molar-refractivity contribution in [3.05, 3.63) is 63.8 Å². The Hall–Kier alpha value is -5.05. The summed E-state index contributed by atoms with van der Waals surface area (Å²) < 4.78 is 59.2. The van der Waals surface area contributed by atoms with Gasteiger partial charge in [-0.25, -0.2) is 4.98 Å². The predicted molar refractivity (Wildman–Crippen MR) is 171 cm³/mol. The molecule has 248 valence electrons. The number of aromatic nitrogens is 1. The van der Waals surface area contributed by atoms with Crippen LogP contribution in [0.15, 0.2) is 47.3 Å². The van der Waals surface area contributed by atoms with E-state index in [1.54, 1.807) is 19.1 Å². The Morgan fingerprint density at radius 1 is 1.02 bits per heavy atom. The van der Waals surface area contributed by atoms with Gasteiger partial charge in [-0.3, -0.25) is 14.4 Å². The highest BCUT2D eigenvalue weighted by Gasteiger charge is 2.32. The molecule has 47 heavy (non-hydrogen) atoms. The number of amides is 2. The molecule has 4 aromatic rings. The molecule has 0 spiro atoms. The van der Waals surface area contributed by atoms with Crippen LogP contribution in [0, 0.1) is 0 Å². The van der Waals surface area contributed by atoms with E-state index in [4.69, 9.17) is 14.2 Å². The van der Waals surface area contributed by atoms with Crippen LogP contribution in [0.2, 0.25) is 0 Å². The highest BCUT2D eigenvalue weighted by molar-refractivity contribution is 7.22. The summed E-state index contributed by atoms with van der Waals surface area (Å²) in [5.74, 6) is 0.0321. The summed E-state index contributed by atoms with van der Waals surface area (Å²) in [5.41, 5.74) is 2.78. The second-order valence-electron chi connectivity index (χ2n) is 10.6. The molecule has 0 saturated carbocycles. The van der Waals surface area contributed by atoms with E-state index in [0.717, 1.165) is 23.0 Å². The first-order valence-electron chi connectivity index (χ1n) is 14.3. The number of aryl methyl sites for hydroxylation is 1. The maximum atomic E-state index is 13.6. The van der Waals surface area contributed by atoms with Gasteiger partial charge >= 0.3 is 6.36 Å². The number of carbonyl (C=O) groups is 2. The first kappa shape index (κ1) is 33.3. The number of hydrogen-bond acceptors (Lipinski definition) is 10. The van der Waals surface area contributed by atoms with Crippen LogP contribution < -0.4 is 40.3 Å². The van der Waals surface area contributed by atoms with Crippen LogP contribution in [0.3, 0.4) is 0 Å². The molecule has 0 aliphatic heterocycles. The summed E-state index contributed by atoms with van der Waals surface area (Å²) >= 11 is 0.972. The minimum absolute atomic E-state index is 0.113. The van der Waals surface area contributed by atoms with Gasteiger partial charge in [0.25, 0.3) is 0 Å². The second kappa shape index (κ2) is 13.4. The van der Waals surface area contributed by atoms with Crippen molar-refractivity contribution in [2.24, 2.45) is 0 Å². The largest absolute Gasteiger partial charge is 0.573 e. The number of carbonyl (C=O) groups excluding carboxylic acids is 2. The molecule has 1 heterocycles. The lowest BCUT2D eigenvalue weighted by atomic mass is 9.95. The van der Waals surface area contributed by atoms with Crippen LogP contribution in [0.4, 0.5) is 24.0 Å². The van der Waals surface area contributed by atoms with Gasteiger partial charge in [-0.1, -0.05) is 17.4 Å². The van der Waals surface area contributed by atoms with Crippen molar-refractivity contribution in [2.45, 2.75) is 45.1 Å². The molecule has 1 aromatic heterocycles. The predicted octanol–water partition coefficient (Wildman–Crippen LogP) is 5.81. The fraction of sp³-hybridized carbons (Fsp3) is 0.312. The van der Waals surface area contributed by atoms with Crippen molar-refractivity contribution in [3.8, 4) is 34.1 Å². The highest BCUT2D eigenvalue weighted by Crippen LogP contribution is 2.50. The lowest BCUT2D eigenvalue weighted by molar-refractivity contribution is -0.274. The van der Waals surface area contributed by atoms with E-state index in [-0.39, 0.29) is 16.7 Å². The molecule has 0 fully saturated rings. The number of thiazole rings is 1. The molecule has 1 aliphatic carbocycles. The zero-order valence-electron chi connectivity index (χ0n) is 26.0. The molecular weight excluding hydrogens is 641 g/mol. The molecule has 15 heteroatoms. The Kier molecular flexibility index (Phi) is 9.47. The van der Waals surface area contributed by atoms with Gasteiger partial charge in [0, 0.05) is 18.6 Å². The SMILES string of the molecule is COc1cc2c(c(OC)c1OC)-c1ccc(NC(C)C(=O)Nc3nc4ccc(OC(F)(F)F)cc4s3)c(=O)cc1C(NC(C)=O)CC2. The summed E-state index contributed by atoms with van der Waals surface area (Å²) in [6, 6.07) is 8.80. The fourth-order valence-electron chi connectivity index (χ4n) is 5.49. The van der Waals surface area contributed by atoms with E-state index in [0.29, 0.717) is 57.0 Å². The summed E-state index contributed by atoms with van der Waals surface area (Å²) in [6.45, 7) is 2.95. The van der Waals surface area contributed by atoms with Gasteiger partial charge in [0.15, 0.2) is 16.6 Å². The van der Waals surface area contributed by atoms with Gasteiger partial charge in [-0.2, -0.15) is 0 Å². The van der Waals surface area contributed by atoms with Crippen LogP contribution >= 0.6 is 11.3 Å². The third-order valence-corrected chi connectivity index (χ3v) is 8.44. The van der Waals surface area contributed by atoms with Crippen molar-refractivity contribution < 1.29 is 41.7 Å². The molecule has 3 N–H and O–H groups in total. The monoisotopic (exact) mass is 672 g/mol. The fourth-order valence-corrected chi connectivity index (χ4v) is 6.39. The average molecular weight is 673 g/mol. The first-order valence-corrected chi connectivity index (χ1v) is 15.1. The van der Waals surface area contributed by atoms with Gasteiger partial charge < -0.3 is 34.9 Å². The molecule has 5 rings (SSSR count). The van der Waals surface area contributed by atoms with Gasteiger partial charge in [0.1, 0.15) is 11.8 Å². The number of ether oxygens (including phenoxy) is 4. The Morgan fingerprint density at radius 3 is 2.43 bits per heavy atom. The van der Waals surface area contributed by atoms with Crippen molar-refractivity contribution in [2.75, 3.05) is 32.0 Å². The summed E-state index contributed by atoms with van der Waals surface area (Å²) in [6.07, 6.45) is -3.83. The van der Waals surface area contributed by atoms with Crippen LogP contribution in [0.1, 0.15) is 37.4 Å². The van der Waals surface area contributed by atoms with Crippen molar-refractivity contribution >= 4 is 44.2 Å². The molecule has 2 atom stereocenters. The number of nitrogens with one attached hydrogen (secondary N) is 3. The summed E-state index contributed by atoms with van der Waals surface area (Å²) in [5, 5.41) is 8.69. The van der Waals surface area contributed by atoms with Gasteiger partial charge in [-0.05, 0) is 66.8 Å². The zero-order valence-corrected chi connectivity index (χ0v) is 26.8. The number of hydrogen-bond donors (Lipinski definition) is 3. The third kappa shape index (κ3) is 7.19. The Bertz CT molecular complexity index is 1910. The van der Waals surface area contributed by atoms with E-state index >= 15 is 0 Å². The minimum Gasteiger partial charge on any atom is -0.493 e. The van der Waals surface area contributed by atoms with E-state index < -0.39 is 35.5 Å². The quantitative estimate of drug-likeness (QED) is 0.201. The molecule has 1 aliphatic rings. The number of methoxy groups -OCH3 is 3.